The van der Waals surface area contributed by atoms with Crippen molar-refractivity contribution in [3.05, 3.63) is 76.7 Å². The fourth-order valence-electron chi connectivity index (χ4n) is 3.02. The monoisotopic (exact) mass is 391 g/mol. The highest BCUT2D eigenvalue weighted by atomic mass is 32.2. The van der Waals surface area contributed by atoms with Gasteiger partial charge in [-0.15, -0.1) is 0 Å². The van der Waals surface area contributed by atoms with Crippen LogP contribution in [-0.2, 0) is 9.84 Å². The van der Waals surface area contributed by atoms with Gasteiger partial charge in [-0.3, -0.25) is 4.79 Å². The second-order valence-electron chi connectivity index (χ2n) is 6.74. The zero-order valence-electron chi connectivity index (χ0n) is 14.9. The average molecular weight is 391 g/mol. The molecular formula is C20H19F2NO3S. The van der Waals surface area contributed by atoms with Crippen LogP contribution in [0, 0.1) is 11.6 Å². The van der Waals surface area contributed by atoms with Crippen LogP contribution in [0.15, 0.2) is 53.9 Å². The Labute approximate surface area is 157 Å². The van der Waals surface area contributed by atoms with Crippen LogP contribution in [0.25, 0.3) is 0 Å². The highest BCUT2D eigenvalue weighted by Gasteiger charge is 2.34. The molecular weight excluding hydrogens is 372 g/mol. The minimum atomic E-state index is -3.47. The molecule has 1 heterocycles. The van der Waals surface area contributed by atoms with Crippen LogP contribution in [0.1, 0.15) is 35.7 Å². The van der Waals surface area contributed by atoms with Gasteiger partial charge in [0.1, 0.15) is 17.2 Å². The summed E-state index contributed by atoms with van der Waals surface area (Å²) in [5.74, 6) is -2.98. The van der Waals surface area contributed by atoms with E-state index < -0.39 is 39.0 Å². The van der Waals surface area contributed by atoms with Crippen molar-refractivity contribution in [1.29, 1.82) is 0 Å². The maximum Gasteiger partial charge on any atom is 0.264 e. The van der Waals surface area contributed by atoms with E-state index in [0.29, 0.717) is 5.69 Å². The lowest BCUT2D eigenvalue weighted by atomic mass is 10.0. The Balaban J connectivity index is 2.08. The average Bonchev–Trinajstić information content (AvgIpc) is 2.95. The van der Waals surface area contributed by atoms with Gasteiger partial charge in [-0.05, 0) is 41.8 Å². The van der Waals surface area contributed by atoms with Crippen LogP contribution < -0.4 is 4.90 Å². The van der Waals surface area contributed by atoms with Crippen molar-refractivity contribution in [1.82, 2.24) is 0 Å². The summed E-state index contributed by atoms with van der Waals surface area (Å²) >= 11 is 0. The SMILES string of the molecule is CC(C)c1ccc(N(C(=O)c2c(F)cccc2F)[C@@H]2C=CS(=O)(=O)C2)cc1. The topological polar surface area (TPSA) is 54.5 Å². The second kappa shape index (κ2) is 7.23. The molecule has 142 valence electrons. The molecule has 0 fully saturated rings. The van der Waals surface area contributed by atoms with E-state index in [1.54, 1.807) is 12.1 Å². The minimum absolute atomic E-state index is 0.263. The maximum absolute atomic E-state index is 14.2. The number of hydrogen-bond acceptors (Lipinski definition) is 3. The number of benzene rings is 2. The maximum atomic E-state index is 14.2. The molecule has 0 aliphatic carbocycles. The molecule has 0 aromatic heterocycles. The molecule has 0 spiro atoms. The first-order valence-electron chi connectivity index (χ1n) is 8.48. The Hall–Kier alpha value is -2.54. The number of amides is 1. The first-order chi connectivity index (χ1) is 12.7. The van der Waals surface area contributed by atoms with Crippen molar-refractivity contribution in [2.24, 2.45) is 0 Å². The van der Waals surface area contributed by atoms with Crippen molar-refractivity contribution >= 4 is 21.4 Å². The largest absolute Gasteiger partial charge is 0.300 e. The molecule has 2 aromatic rings. The van der Waals surface area contributed by atoms with Gasteiger partial charge in [0.05, 0.1) is 11.8 Å². The molecule has 2 aromatic carbocycles. The molecule has 1 atom stereocenters. The molecule has 1 aliphatic rings. The van der Waals surface area contributed by atoms with Gasteiger partial charge in [0.2, 0.25) is 0 Å². The summed E-state index contributed by atoms with van der Waals surface area (Å²) in [5.41, 5.74) is 0.694. The number of nitrogens with zero attached hydrogens (tertiary/aromatic N) is 1. The number of anilines is 1. The molecule has 0 saturated carbocycles. The van der Waals surface area contributed by atoms with E-state index >= 15 is 0 Å². The fourth-order valence-corrected chi connectivity index (χ4v) is 4.29. The molecule has 0 unspecified atom stereocenters. The van der Waals surface area contributed by atoms with E-state index in [-0.39, 0.29) is 11.7 Å². The van der Waals surface area contributed by atoms with Gasteiger partial charge in [-0.25, -0.2) is 17.2 Å². The van der Waals surface area contributed by atoms with Gasteiger partial charge in [0.15, 0.2) is 9.84 Å². The zero-order valence-corrected chi connectivity index (χ0v) is 15.7. The number of sulfone groups is 1. The van der Waals surface area contributed by atoms with Crippen molar-refractivity contribution in [2.75, 3.05) is 10.7 Å². The fraction of sp³-hybridized carbons (Fsp3) is 0.250. The summed E-state index contributed by atoms with van der Waals surface area (Å²) in [6.45, 7) is 4.03. The van der Waals surface area contributed by atoms with Crippen LogP contribution in [0.5, 0.6) is 0 Å². The van der Waals surface area contributed by atoms with E-state index in [1.165, 1.54) is 12.1 Å². The molecule has 0 saturated heterocycles. The number of carbonyl (C=O) groups is 1. The molecule has 7 heteroatoms. The van der Waals surface area contributed by atoms with Crippen LogP contribution >= 0.6 is 0 Å². The van der Waals surface area contributed by atoms with Crippen molar-refractivity contribution < 1.29 is 22.0 Å². The van der Waals surface area contributed by atoms with E-state index in [9.17, 15) is 22.0 Å². The predicted molar refractivity (Wildman–Crippen MR) is 100 cm³/mol. The predicted octanol–water partition coefficient (Wildman–Crippen LogP) is 4.05. The highest BCUT2D eigenvalue weighted by molar-refractivity contribution is 7.94. The third-order valence-corrected chi connectivity index (χ3v) is 5.85. The Morgan fingerprint density at radius 1 is 1.07 bits per heavy atom. The number of hydrogen-bond donors (Lipinski definition) is 0. The third kappa shape index (κ3) is 3.93. The first-order valence-corrected chi connectivity index (χ1v) is 10.2. The summed E-state index contributed by atoms with van der Waals surface area (Å²) in [6.07, 6.45) is 1.36. The summed E-state index contributed by atoms with van der Waals surface area (Å²) in [4.78, 5) is 14.2. The molecule has 0 radical (unpaired) electrons. The minimum Gasteiger partial charge on any atom is -0.300 e. The smallest absolute Gasteiger partial charge is 0.264 e. The van der Waals surface area contributed by atoms with Crippen molar-refractivity contribution in [3.63, 3.8) is 0 Å². The van der Waals surface area contributed by atoms with E-state index in [4.69, 9.17) is 0 Å². The van der Waals surface area contributed by atoms with Gasteiger partial charge in [-0.2, -0.15) is 0 Å². The van der Waals surface area contributed by atoms with Gasteiger partial charge in [0.25, 0.3) is 5.91 Å². The van der Waals surface area contributed by atoms with E-state index in [0.717, 1.165) is 28.0 Å². The van der Waals surface area contributed by atoms with Crippen LogP contribution in [0.2, 0.25) is 0 Å². The Bertz CT molecular complexity index is 978. The molecule has 3 rings (SSSR count). The Morgan fingerprint density at radius 2 is 1.67 bits per heavy atom. The molecule has 0 bridgehead atoms. The summed E-state index contributed by atoms with van der Waals surface area (Å²) in [5, 5.41) is 1.03. The highest BCUT2D eigenvalue weighted by Crippen LogP contribution is 2.28. The molecule has 27 heavy (non-hydrogen) atoms. The molecule has 1 amide bonds. The normalized spacial score (nSPS) is 18.0. The lowest BCUT2D eigenvalue weighted by Crippen LogP contribution is -2.42. The van der Waals surface area contributed by atoms with Crippen LogP contribution in [0.4, 0.5) is 14.5 Å². The summed E-state index contributed by atoms with van der Waals surface area (Å²) in [7, 11) is -3.47. The Morgan fingerprint density at radius 3 is 2.15 bits per heavy atom. The first kappa shape index (κ1) is 19.2. The third-order valence-electron chi connectivity index (χ3n) is 4.48. The van der Waals surface area contributed by atoms with Gasteiger partial charge in [0, 0.05) is 11.1 Å². The summed E-state index contributed by atoms with van der Waals surface area (Å²) < 4.78 is 52.0. The van der Waals surface area contributed by atoms with Crippen molar-refractivity contribution in [2.45, 2.75) is 25.8 Å². The van der Waals surface area contributed by atoms with E-state index in [1.807, 2.05) is 26.0 Å². The van der Waals surface area contributed by atoms with Crippen molar-refractivity contribution in [3.8, 4) is 0 Å². The lowest BCUT2D eigenvalue weighted by molar-refractivity contribution is 0.0975. The molecule has 0 N–H and O–H groups in total. The standard InChI is InChI=1S/C20H19F2NO3S/c1-13(2)14-6-8-15(9-7-14)23(16-10-11-27(25,26)12-16)20(24)19-17(21)4-3-5-18(19)22/h3-11,13,16H,12H2,1-2H3/t16-/m1/s1. The quantitative estimate of drug-likeness (QED) is 0.790. The Kier molecular flexibility index (Phi) is 5.15. The van der Waals surface area contributed by atoms with Gasteiger partial charge in [-0.1, -0.05) is 32.0 Å². The molecule has 1 aliphatic heterocycles. The number of carbonyl (C=O) groups excluding carboxylic acids is 1. The second-order valence-corrected chi connectivity index (χ2v) is 8.67. The number of halogens is 2. The van der Waals surface area contributed by atoms with Crippen LogP contribution in [0.3, 0.4) is 0 Å². The van der Waals surface area contributed by atoms with E-state index in [2.05, 4.69) is 0 Å². The lowest BCUT2D eigenvalue weighted by Gasteiger charge is -2.28. The zero-order chi connectivity index (χ0) is 19.8. The number of rotatable bonds is 4. The van der Waals surface area contributed by atoms with Gasteiger partial charge < -0.3 is 4.90 Å². The molecule has 4 nitrogen and oxygen atoms in total. The summed E-state index contributed by atoms with van der Waals surface area (Å²) in [6, 6.07) is 9.26. The van der Waals surface area contributed by atoms with Crippen LogP contribution in [-0.4, -0.2) is 26.1 Å². The van der Waals surface area contributed by atoms with Gasteiger partial charge >= 0.3 is 0 Å².